The SMILES string of the molecule is C1=CC2c3ccccc3C3(c4cc(-c5nc(-c6ccccc6)nc(-c6ccccc6)n5)ccc4Sc4cc5ccccc5cc43)C2C=C1. The number of hydrogen-bond acceptors (Lipinski definition) is 4. The summed E-state index contributed by atoms with van der Waals surface area (Å²) >= 11 is 1.88. The normalized spacial score (nSPS) is 19.9. The highest BCUT2D eigenvalue weighted by molar-refractivity contribution is 7.99. The Bertz CT molecular complexity index is 2390. The van der Waals surface area contributed by atoms with Crippen molar-refractivity contribution in [2.75, 3.05) is 0 Å². The van der Waals surface area contributed by atoms with Gasteiger partial charge in [-0.15, -0.1) is 0 Å². The topological polar surface area (TPSA) is 38.7 Å². The fourth-order valence-electron chi connectivity index (χ4n) is 8.17. The number of benzene rings is 6. The summed E-state index contributed by atoms with van der Waals surface area (Å²) in [6, 6.07) is 50.0. The highest BCUT2D eigenvalue weighted by Gasteiger charge is 2.56. The summed E-state index contributed by atoms with van der Waals surface area (Å²) in [5.41, 5.74) is 8.03. The molecule has 0 radical (unpaired) electrons. The van der Waals surface area contributed by atoms with Gasteiger partial charge >= 0.3 is 0 Å². The summed E-state index contributed by atoms with van der Waals surface area (Å²) in [6.07, 6.45) is 9.30. The predicted octanol–water partition coefficient (Wildman–Crippen LogP) is 10.7. The van der Waals surface area contributed by atoms with E-state index in [4.69, 9.17) is 15.0 Å². The zero-order chi connectivity index (χ0) is 31.7. The van der Waals surface area contributed by atoms with E-state index in [1.165, 1.54) is 42.8 Å². The molecule has 10 rings (SSSR count). The molecular weight excluding hydrogens is 603 g/mol. The fourth-order valence-corrected chi connectivity index (χ4v) is 9.39. The highest BCUT2D eigenvalue weighted by Crippen LogP contribution is 2.65. The molecule has 0 amide bonds. The van der Waals surface area contributed by atoms with E-state index in [1.54, 1.807) is 0 Å². The molecule has 7 aromatic rings. The quantitative estimate of drug-likeness (QED) is 0.195. The molecule has 4 heteroatoms. The Morgan fingerprint density at radius 1 is 0.458 bits per heavy atom. The van der Waals surface area contributed by atoms with Crippen molar-refractivity contribution in [2.24, 2.45) is 5.92 Å². The first kappa shape index (κ1) is 27.5. The molecule has 226 valence electrons. The Morgan fingerprint density at radius 2 is 1.04 bits per heavy atom. The van der Waals surface area contributed by atoms with Gasteiger partial charge in [0.1, 0.15) is 0 Å². The third-order valence-corrected chi connectivity index (χ3v) is 11.4. The Morgan fingerprint density at radius 3 is 1.77 bits per heavy atom. The second kappa shape index (κ2) is 10.7. The smallest absolute Gasteiger partial charge is 0.164 e. The molecule has 3 atom stereocenters. The van der Waals surface area contributed by atoms with E-state index in [0.29, 0.717) is 17.5 Å². The van der Waals surface area contributed by atoms with Gasteiger partial charge in [0.2, 0.25) is 0 Å². The van der Waals surface area contributed by atoms with Gasteiger partial charge in [-0.3, -0.25) is 0 Å². The van der Waals surface area contributed by atoms with Crippen molar-refractivity contribution in [2.45, 2.75) is 21.1 Å². The van der Waals surface area contributed by atoms with Crippen LogP contribution >= 0.6 is 11.8 Å². The average Bonchev–Trinajstić information content (AvgIpc) is 3.45. The summed E-state index contributed by atoms with van der Waals surface area (Å²) in [5, 5.41) is 2.54. The van der Waals surface area contributed by atoms with Gasteiger partial charge in [0, 0.05) is 38.3 Å². The van der Waals surface area contributed by atoms with Gasteiger partial charge < -0.3 is 0 Å². The Hall–Kier alpha value is -5.58. The van der Waals surface area contributed by atoms with Gasteiger partial charge in [0.25, 0.3) is 0 Å². The maximum absolute atomic E-state index is 5.12. The molecule has 48 heavy (non-hydrogen) atoms. The molecule has 1 spiro atoms. The number of fused-ring (bicyclic) bond motifs is 10. The van der Waals surface area contributed by atoms with Crippen LogP contribution in [-0.2, 0) is 5.41 Å². The van der Waals surface area contributed by atoms with Crippen LogP contribution in [0.5, 0.6) is 0 Å². The molecule has 2 heterocycles. The molecule has 1 aromatic heterocycles. The van der Waals surface area contributed by atoms with Gasteiger partial charge in [-0.2, -0.15) is 0 Å². The van der Waals surface area contributed by atoms with Crippen molar-refractivity contribution in [3.8, 4) is 34.2 Å². The summed E-state index contributed by atoms with van der Waals surface area (Å²) in [4.78, 5) is 17.8. The lowest BCUT2D eigenvalue weighted by atomic mass is 9.62. The van der Waals surface area contributed by atoms with Crippen LogP contribution in [0.15, 0.2) is 174 Å². The third kappa shape index (κ3) is 4.06. The molecule has 2 aliphatic carbocycles. The summed E-state index contributed by atoms with van der Waals surface area (Å²) in [6.45, 7) is 0. The Kier molecular flexibility index (Phi) is 6.15. The first-order valence-corrected chi connectivity index (χ1v) is 17.3. The molecule has 0 N–H and O–H groups in total. The van der Waals surface area contributed by atoms with Gasteiger partial charge in [-0.25, -0.2) is 15.0 Å². The maximum atomic E-state index is 5.12. The average molecular weight is 632 g/mol. The molecule has 0 saturated carbocycles. The molecule has 0 bridgehead atoms. The molecule has 3 unspecified atom stereocenters. The van der Waals surface area contributed by atoms with Crippen LogP contribution in [0.1, 0.15) is 28.2 Å². The first-order valence-electron chi connectivity index (χ1n) is 16.4. The number of allylic oxidation sites excluding steroid dienone is 4. The van der Waals surface area contributed by atoms with Gasteiger partial charge in [-0.05, 0) is 57.3 Å². The van der Waals surface area contributed by atoms with Crippen LogP contribution in [-0.4, -0.2) is 15.0 Å². The molecule has 3 nitrogen and oxygen atoms in total. The van der Waals surface area contributed by atoms with Gasteiger partial charge in [0.05, 0.1) is 5.41 Å². The predicted molar refractivity (Wildman–Crippen MR) is 195 cm³/mol. The monoisotopic (exact) mass is 631 g/mol. The number of nitrogens with zero attached hydrogens (tertiary/aromatic N) is 3. The highest BCUT2D eigenvalue weighted by atomic mass is 32.2. The van der Waals surface area contributed by atoms with Crippen LogP contribution in [0.4, 0.5) is 0 Å². The minimum Gasteiger partial charge on any atom is -0.208 e. The first-order chi connectivity index (χ1) is 23.8. The lowest BCUT2D eigenvalue weighted by Gasteiger charge is -2.43. The minimum atomic E-state index is -0.379. The zero-order valence-electron chi connectivity index (χ0n) is 26.0. The van der Waals surface area contributed by atoms with Crippen molar-refractivity contribution in [3.05, 3.63) is 186 Å². The molecule has 0 fully saturated rings. The summed E-state index contributed by atoms with van der Waals surface area (Å²) < 4.78 is 0. The van der Waals surface area contributed by atoms with E-state index < -0.39 is 0 Å². The molecular formula is C44H29N3S. The van der Waals surface area contributed by atoms with Crippen molar-refractivity contribution in [1.29, 1.82) is 0 Å². The van der Waals surface area contributed by atoms with Crippen LogP contribution in [0.2, 0.25) is 0 Å². The summed E-state index contributed by atoms with van der Waals surface area (Å²) in [5.74, 6) is 2.54. The van der Waals surface area contributed by atoms with Crippen molar-refractivity contribution in [3.63, 3.8) is 0 Å². The van der Waals surface area contributed by atoms with Gasteiger partial charge in [-0.1, -0.05) is 151 Å². The molecule has 1 aliphatic heterocycles. The minimum absolute atomic E-state index is 0.229. The number of rotatable bonds is 3. The number of hydrogen-bond donors (Lipinski definition) is 0. The number of aromatic nitrogens is 3. The molecule has 3 aliphatic rings. The molecule has 6 aromatic carbocycles. The maximum Gasteiger partial charge on any atom is 0.164 e. The van der Waals surface area contributed by atoms with Crippen LogP contribution in [0.3, 0.4) is 0 Å². The van der Waals surface area contributed by atoms with Crippen molar-refractivity contribution in [1.82, 2.24) is 15.0 Å². The van der Waals surface area contributed by atoms with Crippen molar-refractivity contribution < 1.29 is 0 Å². The van der Waals surface area contributed by atoms with Crippen molar-refractivity contribution >= 4 is 22.5 Å². The largest absolute Gasteiger partial charge is 0.208 e. The van der Waals surface area contributed by atoms with Crippen LogP contribution in [0, 0.1) is 5.92 Å². The second-order valence-electron chi connectivity index (χ2n) is 12.8. The Labute approximate surface area is 283 Å². The summed E-state index contributed by atoms with van der Waals surface area (Å²) in [7, 11) is 0. The van der Waals surface area contributed by atoms with E-state index in [-0.39, 0.29) is 17.3 Å². The lowest BCUT2D eigenvalue weighted by molar-refractivity contribution is 0.442. The third-order valence-electron chi connectivity index (χ3n) is 10.2. The lowest BCUT2D eigenvalue weighted by Crippen LogP contribution is -2.37. The van der Waals surface area contributed by atoms with E-state index >= 15 is 0 Å². The standard InChI is InChI=1S/C44H29N3S/c1-3-13-28(14-4-1)41-45-42(29-15-5-2-6-16-29)47-43(46-41)32-23-24-39-37(26-32)44(38-25-30-17-7-8-18-31(30)27-40(38)48-39)35-21-11-9-19-33(35)34-20-10-12-22-36(34)44/h1-27,33,35H. The van der Waals surface area contributed by atoms with E-state index in [9.17, 15) is 0 Å². The van der Waals surface area contributed by atoms with E-state index in [2.05, 4.69) is 127 Å². The van der Waals surface area contributed by atoms with Gasteiger partial charge in [0.15, 0.2) is 17.5 Å². The van der Waals surface area contributed by atoms with E-state index in [1.807, 2.05) is 48.2 Å². The zero-order valence-corrected chi connectivity index (χ0v) is 26.8. The second-order valence-corrected chi connectivity index (χ2v) is 13.8. The van der Waals surface area contributed by atoms with Crippen LogP contribution < -0.4 is 0 Å². The Balaban J connectivity index is 1.25. The van der Waals surface area contributed by atoms with Crippen LogP contribution in [0.25, 0.3) is 44.9 Å². The fraction of sp³-hybridized carbons (Fsp3) is 0.0682. The van der Waals surface area contributed by atoms with E-state index in [0.717, 1.165) is 16.7 Å². The molecule has 0 saturated heterocycles.